The molecule has 0 aliphatic rings. The molecule has 9 heteroatoms. The molecule has 0 aliphatic heterocycles. The molecule has 0 bridgehead atoms. The lowest BCUT2D eigenvalue weighted by Crippen LogP contribution is -2.20. The molecule has 0 aliphatic carbocycles. The van der Waals surface area contributed by atoms with Crippen LogP contribution in [0.3, 0.4) is 0 Å². The summed E-state index contributed by atoms with van der Waals surface area (Å²) in [6.45, 7) is 6.26. The molecule has 0 spiro atoms. The minimum Gasteiger partial charge on any atom is -0.494 e. The van der Waals surface area contributed by atoms with Gasteiger partial charge in [0.1, 0.15) is 31.8 Å². The van der Waals surface area contributed by atoms with Gasteiger partial charge in [0.25, 0.3) is 0 Å². The van der Waals surface area contributed by atoms with E-state index < -0.39 is 12.1 Å². The Hall–Kier alpha value is -3.88. The third-order valence-corrected chi connectivity index (χ3v) is 4.58. The Balaban J connectivity index is 2.27. The first-order valence-electron chi connectivity index (χ1n) is 10.3. The van der Waals surface area contributed by atoms with Crippen LogP contribution in [0.25, 0.3) is 0 Å². The monoisotopic (exact) mass is 455 g/mol. The van der Waals surface area contributed by atoms with Gasteiger partial charge in [0.2, 0.25) is 0 Å². The van der Waals surface area contributed by atoms with Crippen molar-refractivity contribution in [2.45, 2.75) is 26.9 Å². The van der Waals surface area contributed by atoms with E-state index in [0.717, 1.165) is 16.9 Å². The lowest BCUT2D eigenvalue weighted by Gasteiger charge is -2.15. The van der Waals surface area contributed by atoms with Gasteiger partial charge in [-0.25, -0.2) is 4.79 Å². The number of oxime groups is 3. The van der Waals surface area contributed by atoms with Crippen molar-refractivity contribution in [2.75, 3.05) is 27.9 Å². The minimum atomic E-state index is -0.625. The summed E-state index contributed by atoms with van der Waals surface area (Å²) in [5, 5.41) is 12.0. The highest BCUT2D eigenvalue weighted by atomic mass is 16.6. The summed E-state index contributed by atoms with van der Waals surface area (Å²) in [7, 11) is 4.09. The Kier molecular flexibility index (Phi) is 9.88. The molecule has 0 saturated heterocycles. The molecular weight excluding hydrogens is 426 g/mol. The van der Waals surface area contributed by atoms with Crippen LogP contribution in [0.2, 0.25) is 0 Å². The first-order chi connectivity index (χ1) is 16.0. The number of benzene rings is 2. The van der Waals surface area contributed by atoms with E-state index in [4.69, 9.17) is 24.0 Å². The Morgan fingerprint density at radius 2 is 1.76 bits per heavy atom. The zero-order valence-corrected chi connectivity index (χ0v) is 19.7. The number of rotatable bonds is 11. The molecule has 0 heterocycles. The highest BCUT2D eigenvalue weighted by Gasteiger charge is 2.22. The fraction of sp³-hybridized carbons (Fsp3) is 0.333. The standard InChI is InChI=1S/C24H29N3O6/c1-7-32-18-12-13-19(16(2)14-18)22(26-30-5)15-25-33-17(3)20-10-8-9-11-21(20)23(27-31-6)24(28)29-4/h8-15,17H,7H2,1-6H3. The summed E-state index contributed by atoms with van der Waals surface area (Å²) in [6, 6.07) is 12.8. The largest absolute Gasteiger partial charge is 0.494 e. The minimum absolute atomic E-state index is 0.0293. The lowest BCUT2D eigenvalue weighted by atomic mass is 9.99. The topological polar surface area (TPSA) is 100 Å². The summed E-state index contributed by atoms with van der Waals surface area (Å²) in [5.41, 5.74) is 3.47. The van der Waals surface area contributed by atoms with Gasteiger partial charge in [-0.15, -0.1) is 0 Å². The van der Waals surface area contributed by atoms with Gasteiger partial charge in [-0.3, -0.25) is 0 Å². The van der Waals surface area contributed by atoms with Crippen LogP contribution in [0.1, 0.15) is 42.2 Å². The van der Waals surface area contributed by atoms with Gasteiger partial charge >= 0.3 is 5.97 Å². The summed E-state index contributed by atoms with van der Waals surface area (Å²) < 4.78 is 10.4. The van der Waals surface area contributed by atoms with E-state index in [0.29, 0.717) is 23.4 Å². The molecule has 1 atom stereocenters. The third-order valence-electron chi connectivity index (χ3n) is 4.58. The third kappa shape index (κ3) is 6.80. The summed E-state index contributed by atoms with van der Waals surface area (Å²) in [4.78, 5) is 27.6. The van der Waals surface area contributed by atoms with Crippen LogP contribution < -0.4 is 4.74 Å². The molecule has 0 N–H and O–H groups in total. The van der Waals surface area contributed by atoms with Gasteiger partial charge in [-0.05, 0) is 44.5 Å². The van der Waals surface area contributed by atoms with E-state index in [2.05, 4.69) is 15.5 Å². The van der Waals surface area contributed by atoms with Crippen LogP contribution in [0.4, 0.5) is 0 Å². The van der Waals surface area contributed by atoms with E-state index in [-0.39, 0.29) is 5.71 Å². The molecule has 0 radical (unpaired) electrons. The average molecular weight is 456 g/mol. The Morgan fingerprint density at radius 1 is 1.03 bits per heavy atom. The van der Waals surface area contributed by atoms with Gasteiger partial charge in [-0.1, -0.05) is 39.7 Å². The van der Waals surface area contributed by atoms with E-state index in [1.165, 1.54) is 27.5 Å². The van der Waals surface area contributed by atoms with Gasteiger partial charge in [0, 0.05) is 16.7 Å². The maximum absolute atomic E-state index is 12.2. The Labute approximate surface area is 193 Å². The number of carbonyl (C=O) groups excluding carboxylic acids is 1. The molecule has 0 fully saturated rings. The van der Waals surface area contributed by atoms with Crippen molar-refractivity contribution in [3.8, 4) is 5.75 Å². The fourth-order valence-corrected chi connectivity index (χ4v) is 3.10. The lowest BCUT2D eigenvalue weighted by molar-refractivity contribution is -0.132. The second-order valence-corrected chi connectivity index (χ2v) is 6.75. The molecule has 9 nitrogen and oxygen atoms in total. The molecule has 2 rings (SSSR count). The maximum atomic E-state index is 12.2. The van der Waals surface area contributed by atoms with Crippen molar-refractivity contribution in [1.29, 1.82) is 0 Å². The molecule has 0 aromatic heterocycles. The SMILES string of the molecule is CCOc1ccc(C(C=NOC(C)c2ccccc2C(=NOC)C(=O)OC)=NOC)c(C)c1. The first-order valence-corrected chi connectivity index (χ1v) is 10.3. The molecule has 2 aromatic carbocycles. The Morgan fingerprint density at radius 3 is 2.39 bits per heavy atom. The number of esters is 1. The zero-order valence-electron chi connectivity index (χ0n) is 19.7. The number of carbonyl (C=O) groups is 1. The normalized spacial score (nSPS) is 12.9. The van der Waals surface area contributed by atoms with E-state index in [1.807, 2.05) is 44.2 Å². The maximum Gasteiger partial charge on any atom is 0.360 e. The average Bonchev–Trinajstić information content (AvgIpc) is 2.82. The molecule has 176 valence electrons. The van der Waals surface area contributed by atoms with E-state index >= 15 is 0 Å². The van der Waals surface area contributed by atoms with Crippen molar-refractivity contribution in [3.63, 3.8) is 0 Å². The summed E-state index contributed by atoms with van der Waals surface area (Å²) >= 11 is 0. The second-order valence-electron chi connectivity index (χ2n) is 6.75. The smallest absolute Gasteiger partial charge is 0.360 e. The molecule has 0 saturated carbocycles. The number of hydrogen-bond acceptors (Lipinski definition) is 9. The molecule has 2 aromatic rings. The second kappa shape index (κ2) is 12.8. The van der Waals surface area contributed by atoms with E-state index in [9.17, 15) is 4.79 Å². The number of ether oxygens (including phenoxy) is 2. The van der Waals surface area contributed by atoms with Crippen LogP contribution in [0.15, 0.2) is 57.9 Å². The molecule has 1 unspecified atom stereocenters. The summed E-state index contributed by atoms with van der Waals surface area (Å²) in [6.07, 6.45) is 0.949. The first kappa shape index (κ1) is 25.4. The van der Waals surface area contributed by atoms with Crippen LogP contribution in [-0.4, -0.2) is 51.5 Å². The van der Waals surface area contributed by atoms with Crippen molar-refractivity contribution in [1.82, 2.24) is 0 Å². The molecular formula is C24H29N3O6. The quantitative estimate of drug-likeness (QED) is 0.288. The van der Waals surface area contributed by atoms with Crippen LogP contribution in [0.5, 0.6) is 5.75 Å². The van der Waals surface area contributed by atoms with Crippen molar-refractivity contribution >= 4 is 23.6 Å². The highest BCUT2D eigenvalue weighted by Crippen LogP contribution is 2.23. The van der Waals surface area contributed by atoms with Crippen LogP contribution in [0, 0.1) is 6.92 Å². The predicted octanol–water partition coefficient (Wildman–Crippen LogP) is 4.03. The van der Waals surface area contributed by atoms with Crippen molar-refractivity contribution < 1.29 is 28.8 Å². The number of hydrogen-bond donors (Lipinski definition) is 0. The fourth-order valence-electron chi connectivity index (χ4n) is 3.10. The Bertz CT molecular complexity index is 1030. The van der Waals surface area contributed by atoms with Gasteiger partial charge in [0.15, 0.2) is 5.71 Å². The summed E-state index contributed by atoms with van der Waals surface area (Å²) in [5.74, 6) is 0.147. The number of aryl methyl sites for hydroxylation is 1. The van der Waals surface area contributed by atoms with Crippen molar-refractivity contribution in [3.05, 3.63) is 64.7 Å². The van der Waals surface area contributed by atoms with Gasteiger partial charge < -0.3 is 24.0 Å². The van der Waals surface area contributed by atoms with E-state index in [1.54, 1.807) is 19.1 Å². The van der Waals surface area contributed by atoms with Crippen LogP contribution >= 0.6 is 0 Å². The van der Waals surface area contributed by atoms with Gasteiger partial charge in [-0.2, -0.15) is 0 Å². The predicted molar refractivity (Wildman–Crippen MR) is 126 cm³/mol. The molecule has 33 heavy (non-hydrogen) atoms. The van der Waals surface area contributed by atoms with Gasteiger partial charge in [0.05, 0.1) is 19.9 Å². The highest BCUT2D eigenvalue weighted by molar-refractivity contribution is 6.43. The number of nitrogens with zero attached hydrogens (tertiary/aromatic N) is 3. The zero-order chi connectivity index (χ0) is 24.2. The van der Waals surface area contributed by atoms with Crippen LogP contribution in [-0.2, 0) is 24.0 Å². The number of methoxy groups -OCH3 is 1. The van der Waals surface area contributed by atoms with Crippen molar-refractivity contribution in [2.24, 2.45) is 15.5 Å². The molecule has 0 amide bonds.